The van der Waals surface area contributed by atoms with Crippen molar-refractivity contribution in [2.75, 3.05) is 41.2 Å². The SMILES string of the molecule is CCOC(=O)CS(=O)(=O)N(C/C=C/c1cccc(C(=N)N)c1)c1ccc(OC2CCN(c3ccccn3)CC2)c(Cl)c1. The summed E-state index contributed by atoms with van der Waals surface area (Å²) in [6.07, 6.45) is 6.66. The van der Waals surface area contributed by atoms with Crippen molar-refractivity contribution in [1.82, 2.24) is 4.98 Å². The minimum absolute atomic E-state index is 0.0503. The summed E-state index contributed by atoms with van der Waals surface area (Å²) >= 11 is 6.59. The molecule has 3 N–H and O–H groups in total. The van der Waals surface area contributed by atoms with Crippen LogP contribution in [-0.4, -0.2) is 63.3 Å². The molecule has 12 heteroatoms. The lowest BCUT2D eigenvalue weighted by molar-refractivity contribution is -0.139. The van der Waals surface area contributed by atoms with Crippen LogP contribution in [0.25, 0.3) is 6.08 Å². The summed E-state index contributed by atoms with van der Waals surface area (Å²) in [5.74, 6) is -0.346. The van der Waals surface area contributed by atoms with Crippen LogP contribution < -0.4 is 19.7 Å². The lowest BCUT2D eigenvalue weighted by atomic mass is 10.1. The predicted molar refractivity (Wildman–Crippen MR) is 166 cm³/mol. The molecule has 1 aliphatic heterocycles. The van der Waals surface area contributed by atoms with Gasteiger partial charge in [0.1, 0.15) is 23.5 Å². The van der Waals surface area contributed by atoms with Crippen LogP contribution >= 0.6 is 11.6 Å². The Hall–Kier alpha value is -4.09. The molecule has 1 aromatic heterocycles. The molecule has 4 rings (SSSR count). The number of halogens is 1. The van der Waals surface area contributed by atoms with Crippen molar-refractivity contribution in [3.63, 3.8) is 0 Å². The average Bonchev–Trinajstić information content (AvgIpc) is 2.97. The van der Waals surface area contributed by atoms with Gasteiger partial charge in [-0.25, -0.2) is 13.4 Å². The molecule has 1 saturated heterocycles. The van der Waals surface area contributed by atoms with Crippen LogP contribution in [0.4, 0.5) is 11.5 Å². The zero-order valence-electron chi connectivity index (χ0n) is 23.3. The van der Waals surface area contributed by atoms with E-state index in [1.807, 2.05) is 24.3 Å². The van der Waals surface area contributed by atoms with Gasteiger partial charge in [0.15, 0.2) is 5.75 Å². The fourth-order valence-electron chi connectivity index (χ4n) is 4.57. The number of nitrogens with two attached hydrogens (primary N) is 1. The number of anilines is 2. The van der Waals surface area contributed by atoms with Gasteiger partial charge in [-0.3, -0.25) is 14.5 Å². The molecule has 1 aliphatic rings. The van der Waals surface area contributed by atoms with Gasteiger partial charge in [0, 0.05) is 37.7 Å². The quantitative estimate of drug-likeness (QED) is 0.174. The number of carbonyl (C=O) groups is 1. The number of pyridine rings is 1. The second-order valence-corrected chi connectivity index (χ2v) is 11.9. The first kappa shape index (κ1) is 30.9. The maximum Gasteiger partial charge on any atom is 0.323 e. The number of amidine groups is 1. The molecule has 2 aromatic carbocycles. The summed E-state index contributed by atoms with van der Waals surface area (Å²) in [6, 6.07) is 17.6. The largest absolute Gasteiger partial charge is 0.489 e. The van der Waals surface area contributed by atoms with Crippen molar-refractivity contribution < 1.29 is 22.7 Å². The number of nitrogens with zero attached hydrogens (tertiary/aromatic N) is 3. The maximum absolute atomic E-state index is 13.3. The Morgan fingerprint density at radius 2 is 1.95 bits per heavy atom. The molecule has 0 amide bonds. The number of nitrogens with one attached hydrogen (secondary N) is 1. The Labute approximate surface area is 251 Å². The fraction of sp³-hybridized carbons (Fsp3) is 0.300. The van der Waals surface area contributed by atoms with Crippen molar-refractivity contribution >= 4 is 51.0 Å². The number of aromatic nitrogens is 1. The Balaban J connectivity index is 1.49. The summed E-state index contributed by atoms with van der Waals surface area (Å²) in [4.78, 5) is 18.7. The summed E-state index contributed by atoms with van der Waals surface area (Å²) in [5, 5.41) is 7.89. The molecule has 1 fully saturated rings. The number of piperidine rings is 1. The Kier molecular flexibility index (Phi) is 10.4. The lowest BCUT2D eigenvalue weighted by Crippen LogP contribution is -2.38. The van der Waals surface area contributed by atoms with E-state index in [1.54, 1.807) is 55.6 Å². The number of esters is 1. The second kappa shape index (κ2) is 14.2. The van der Waals surface area contributed by atoms with Crippen LogP contribution in [-0.2, 0) is 19.6 Å². The smallest absolute Gasteiger partial charge is 0.323 e. The van der Waals surface area contributed by atoms with Crippen LogP contribution in [0.2, 0.25) is 5.02 Å². The first-order valence-corrected chi connectivity index (χ1v) is 15.5. The number of rotatable bonds is 12. The van der Waals surface area contributed by atoms with E-state index in [4.69, 9.17) is 32.2 Å². The topological polar surface area (TPSA) is 139 Å². The molecule has 0 bridgehead atoms. The van der Waals surface area contributed by atoms with Crippen molar-refractivity contribution in [3.05, 3.63) is 89.1 Å². The van der Waals surface area contributed by atoms with E-state index in [-0.39, 0.29) is 35.8 Å². The third-order valence-electron chi connectivity index (χ3n) is 6.63. The highest BCUT2D eigenvalue weighted by Crippen LogP contribution is 2.33. The van der Waals surface area contributed by atoms with Crippen molar-refractivity contribution in [2.24, 2.45) is 5.73 Å². The molecular formula is C30H34ClN5O5S. The Bertz CT molecular complexity index is 1530. The molecule has 0 spiro atoms. The molecule has 222 valence electrons. The summed E-state index contributed by atoms with van der Waals surface area (Å²) < 4.78 is 38.8. The van der Waals surface area contributed by atoms with Gasteiger partial charge in [0.25, 0.3) is 0 Å². The zero-order chi connectivity index (χ0) is 30.1. The first-order chi connectivity index (χ1) is 20.2. The molecule has 3 aromatic rings. The van der Waals surface area contributed by atoms with Gasteiger partial charge in [-0.2, -0.15) is 0 Å². The van der Waals surface area contributed by atoms with E-state index in [0.717, 1.165) is 41.6 Å². The van der Waals surface area contributed by atoms with E-state index < -0.39 is 21.7 Å². The van der Waals surface area contributed by atoms with E-state index in [0.29, 0.717) is 11.3 Å². The van der Waals surface area contributed by atoms with Gasteiger partial charge < -0.3 is 20.1 Å². The van der Waals surface area contributed by atoms with Gasteiger partial charge in [0.05, 0.1) is 23.9 Å². The lowest BCUT2D eigenvalue weighted by Gasteiger charge is -2.33. The minimum atomic E-state index is -4.12. The highest BCUT2D eigenvalue weighted by molar-refractivity contribution is 7.93. The maximum atomic E-state index is 13.3. The fourth-order valence-corrected chi connectivity index (χ4v) is 6.07. The van der Waals surface area contributed by atoms with Crippen LogP contribution in [0.1, 0.15) is 30.9 Å². The normalized spacial score (nSPS) is 14.1. The van der Waals surface area contributed by atoms with Crippen LogP contribution in [0, 0.1) is 5.41 Å². The first-order valence-electron chi connectivity index (χ1n) is 13.6. The van der Waals surface area contributed by atoms with Gasteiger partial charge >= 0.3 is 5.97 Å². The van der Waals surface area contributed by atoms with Gasteiger partial charge in [-0.05, 0) is 48.9 Å². The van der Waals surface area contributed by atoms with Crippen molar-refractivity contribution in [2.45, 2.75) is 25.9 Å². The van der Waals surface area contributed by atoms with Crippen LogP contribution in [0.3, 0.4) is 0 Å². The number of hydrogen-bond donors (Lipinski definition) is 2. The molecule has 0 atom stereocenters. The van der Waals surface area contributed by atoms with Crippen LogP contribution in [0.5, 0.6) is 5.75 Å². The van der Waals surface area contributed by atoms with Crippen LogP contribution in [0.15, 0.2) is 72.9 Å². The molecule has 2 heterocycles. The molecule has 10 nitrogen and oxygen atoms in total. The standard InChI is InChI=1S/C30H34ClN5O5S/c1-2-40-29(37)21-42(38,39)36(16-6-8-22-7-5-9-23(19-22)30(32)33)24-11-12-27(26(31)20-24)41-25-13-17-35(18-14-25)28-10-3-4-15-34-28/h3-12,15,19-20,25H,2,13-14,16-18,21H2,1H3,(H3,32,33)/b8-6+. The Morgan fingerprint density at radius 1 is 1.17 bits per heavy atom. The van der Waals surface area contributed by atoms with E-state index >= 15 is 0 Å². The third kappa shape index (κ3) is 8.23. The van der Waals surface area contributed by atoms with Crippen molar-refractivity contribution in [1.29, 1.82) is 5.41 Å². The molecule has 0 radical (unpaired) electrons. The second-order valence-electron chi connectivity index (χ2n) is 9.64. The van der Waals surface area contributed by atoms with Crippen molar-refractivity contribution in [3.8, 4) is 5.75 Å². The monoisotopic (exact) mass is 611 g/mol. The molecule has 42 heavy (non-hydrogen) atoms. The highest BCUT2D eigenvalue weighted by atomic mass is 35.5. The Morgan fingerprint density at radius 3 is 2.62 bits per heavy atom. The molecule has 0 unspecified atom stereocenters. The molecular weight excluding hydrogens is 578 g/mol. The predicted octanol–water partition coefficient (Wildman–Crippen LogP) is 4.48. The number of sulfonamides is 1. The summed E-state index contributed by atoms with van der Waals surface area (Å²) in [5.41, 5.74) is 7.15. The number of nitrogen functional groups attached to an aromatic ring is 1. The average molecular weight is 612 g/mol. The van der Waals surface area contributed by atoms with Gasteiger partial charge in [0.2, 0.25) is 10.0 Å². The molecule has 0 aliphatic carbocycles. The summed E-state index contributed by atoms with van der Waals surface area (Å²) in [6.45, 7) is 3.19. The molecule has 0 saturated carbocycles. The minimum Gasteiger partial charge on any atom is -0.489 e. The number of ether oxygens (including phenoxy) is 2. The summed E-state index contributed by atoms with van der Waals surface area (Å²) in [7, 11) is -4.12. The van der Waals surface area contributed by atoms with E-state index in [2.05, 4.69) is 9.88 Å². The van der Waals surface area contributed by atoms with E-state index in [1.165, 1.54) is 6.07 Å². The third-order valence-corrected chi connectivity index (χ3v) is 8.56. The zero-order valence-corrected chi connectivity index (χ0v) is 24.9. The van der Waals surface area contributed by atoms with Gasteiger partial charge in [-0.15, -0.1) is 0 Å². The highest BCUT2D eigenvalue weighted by Gasteiger charge is 2.27. The van der Waals surface area contributed by atoms with Gasteiger partial charge in [-0.1, -0.05) is 48.0 Å². The number of hydrogen-bond acceptors (Lipinski definition) is 8. The number of benzene rings is 2. The number of carbonyl (C=O) groups excluding carboxylic acids is 1. The van der Waals surface area contributed by atoms with E-state index in [9.17, 15) is 13.2 Å².